The van der Waals surface area contributed by atoms with E-state index >= 15 is 0 Å². The van der Waals surface area contributed by atoms with Crippen LogP contribution in [0.15, 0.2) is 48.5 Å². The van der Waals surface area contributed by atoms with Crippen molar-refractivity contribution >= 4 is 31.4 Å². The number of hydrogen-bond donors (Lipinski definition) is 0. The third kappa shape index (κ3) is 6.71. The van der Waals surface area contributed by atoms with Crippen LogP contribution in [-0.2, 0) is 23.9 Å². The maximum atomic E-state index is 12.6. The first-order chi connectivity index (χ1) is 11.7. The van der Waals surface area contributed by atoms with E-state index in [-0.39, 0.29) is 0 Å². The highest BCUT2D eigenvalue weighted by Crippen LogP contribution is 2.40. The van der Waals surface area contributed by atoms with Crippen LogP contribution in [0.2, 0.25) is 0 Å². The van der Waals surface area contributed by atoms with Gasteiger partial charge in [-0.15, -0.1) is 0 Å². The van der Waals surface area contributed by atoms with Crippen molar-refractivity contribution in [2.24, 2.45) is 0 Å². The molecule has 0 aromatic heterocycles. The second-order valence-electron chi connectivity index (χ2n) is 4.99. The van der Waals surface area contributed by atoms with Gasteiger partial charge in [-0.3, -0.25) is 0 Å². The van der Waals surface area contributed by atoms with Crippen molar-refractivity contribution in [1.29, 1.82) is 0 Å². The molecule has 0 spiro atoms. The van der Waals surface area contributed by atoms with Crippen molar-refractivity contribution < 1.29 is 26.3 Å². The van der Waals surface area contributed by atoms with E-state index in [4.69, 9.17) is 0 Å². The largest absolute Gasteiger partial charge is 0.416 e. The first-order valence-electron chi connectivity index (χ1n) is 6.89. The minimum Gasteiger partial charge on any atom is -0.166 e. The summed E-state index contributed by atoms with van der Waals surface area (Å²) in [4.78, 5) is 0. The molecule has 9 heteroatoms. The third-order valence-corrected chi connectivity index (χ3v) is 7.17. The van der Waals surface area contributed by atoms with Crippen molar-refractivity contribution in [3.63, 3.8) is 0 Å². The van der Waals surface area contributed by atoms with E-state index in [0.717, 1.165) is 24.3 Å². The van der Waals surface area contributed by atoms with Crippen LogP contribution in [0.4, 0.5) is 26.3 Å². The summed E-state index contributed by atoms with van der Waals surface area (Å²) < 4.78 is 75.7. The van der Waals surface area contributed by atoms with Gasteiger partial charge in [-0.1, -0.05) is 58.0 Å². The SMILES string of the molecule is FC(F)(F)c1cccc(CSSSCc2cccc(C(F)(F)F)c2)c1. The summed E-state index contributed by atoms with van der Waals surface area (Å²) in [5.41, 5.74) is -0.279. The number of rotatable bonds is 6. The van der Waals surface area contributed by atoms with Gasteiger partial charge in [-0.2, -0.15) is 26.3 Å². The number of alkyl halides is 6. The topological polar surface area (TPSA) is 0 Å². The third-order valence-electron chi connectivity index (χ3n) is 3.06. The van der Waals surface area contributed by atoms with Crippen molar-refractivity contribution in [3.05, 3.63) is 70.8 Å². The quantitative estimate of drug-likeness (QED) is 0.274. The second kappa shape index (κ2) is 8.64. The number of halogens is 6. The highest BCUT2D eigenvalue weighted by Gasteiger charge is 2.31. The molecular formula is C16H12F6S3. The lowest BCUT2D eigenvalue weighted by molar-refractivity contribution is -0.138. The molecular weight excluding hydrogens is 402 g/mol. The lowest BCUT2D eigenvalue weighted by Crippen LogP contribution is -2.04. The smallest absolute Gasteiger partial charge is 0.166 e. The van der Waals surface area contributed by atoms with E-state index in [0.29, 0.717) is 22.6 Å². The Hall–Kier alpha value is -0.930. The second-order valence-corrected chi connectivity index (χ2v) is 9.22. The van der Waals surface area contributed by atoms with Crippen molar-refractivity contribution in [1.82, 2.24) is 0 Å². The molecule has 2 aromatic carbocycles. The lowest BCUT2D eigenvalue weighted by atomic mass is 10.1. The van der Waals surface area contributed by atoms with E-state index in [1.165, 1.54) is 43.5 Å². The Kier molecular flexibility index (Phi) is 7.04. The summed E-state index contributed by atoms with van der Waals surface area (Å²) in [6, 6.07) is 10.2. The van der Waals surface area contributed by atoms with Crippen LogP contribution in [0.1, 0.15) is 22.3 Å². The maximum absolute atomic E-state index is 12.6. The molecule has 0 amide bonds. The molecule has 0 aliphatic rings. The minimum atomic E-state index is -4.37. The number of benzene rings is 2. The molecule has 0 saturated carbocycles. The van der Waals surface area contributed by atoms with E-state index in [2.05, 4.69) is 0 Å². The van der Waals surface area contributed by atoms with Gasteiger partial charge >= 0.3 is 12.4 Å². The summed E-state index contributed by atoms with van der Waals surface area (Å²) in [6.07, 6.45) is -8.74. The molecule has 0 nitrogen and oxygen atoms in total. The summed E-state index contributed by atoms with van der Waals surface area (Å²) >= 11 is 0. The van der Waals surface area contributed by atoms with Gasteiger partial charge in [-0.25, -0.2) is 0 Å². The molecule has 0 unspecified atom stereocenters. The van der Waals surface area contributed by atoms with E-state index < -0.39 is 23.5 Å². The Morgan fingerprint density at radius 1 is 0.640 bits per heavy atom. The Bertz CT molecular complexity index is 637. The van der Waals surface area contributed by atoms with Crippen molar-refractivity contribution in [2.75, 3.05) is 0 Å². The summed E-state index contributed by atoms with van der Waals surface area (Å²) in [7, 11) is 4.03. The van der Waals surface area contributed by atoms with Crippen LogP contribution in [-0.4, -0.2) is 0 Å². The summed E-state index contributed by atoms with van der Waals surface area (Å²) in [5, 5.41) is 0. The van der Waals surface area contributed by atoms with E-state index in [1.54, 1.807) is 12.1 Å². The fraction of sp³-hybridized carbons (Fsp3) is 0.250. The molecule has 0 atom stereocenters. The van der Waals surface area contributed by atoms with Crippen LogP contribution in [0.5, 0.6) is 0 Å². The van der Waals surface area contributed by atoms with Crippen LogP contribution in [0, 0.1) is 0 Å². The van der Waals surface area contributed by atoms with Gasteiger partial charge in [0.2, 0.25) is 0 Å². The lowest BCUT2D eigenvalue weighted by Gasteiger charge is -2.09. The standard InChI is InChI=1S/C16H12F6S3/c17-15(18,19)13-5-1-3-11(7-13)9-23-25-24-10-12-4-2-6-14(8-12)16(20,21)22/h1-8H,9-10H2. The van der Waals surface area contributed by atoms with E-state index in [1.807, 2.05) is 0 Å². The molecule has 0 fully saturated rings. The van der Waals surface area contributed by atoms with Gasteiger partial charge in [0, 0.05) is 11.5 Å². The van der Waals surface area contributed by atoms with Crippen LogP contribution >= 0.6 is 31.4 Å². The first-order valence-corrected chi connectivity index (χ1v) is 10.7. The van der Waals surface area contributed by atoms with Gasteiger partial charge in [0.25, 0.3) is 0 Å². The normalized spacial score (nSPS) is 12.4. The molecule has 0 saturated heterocycles. The zero-order valence-corrected chi connectivity index (χ0v) is 15.0. The van der Waals surface area contributed by atoms with Gasteiger partial charge < -0.3 is 0 Å². The Labute approximate surface area is 152 Å². The fourth-order valence-electron chi connectivity index (χ4n) is 1.89. The number of hydrogen-bond acceptors (Lipinski definition) is 3. The zero-order chi connectivity index (χ0) is 18.5. The molecule has 25 heavy (non-hydrogen) atoms. The van der Waals surface area contributed by atoms with Gasteiger partial charge in [0.1, 0.15) is 0 Å². The highest BCUT2D eigenvalue weighted by molar-refractivity contribution is 9.09. The molecule has 0 bridgehead atoms. The fourth-order valence-corrected chi connectivity index (χ4v) is 5.48. The van der Waals surface area contributed by atoms with Crippen LogP contribution < -0.4 is 0 Å². The van der Waals surface area contributed by atoms with Crippen LogP contribution in [0.25, 0.3) is 0 Å². The molecule has 0 aliphatic carbocycles. The van der Waals surface area contributed by atoms with Gasteiger partial charge in [0.15, 0.2) is 0 Å². The summed E-state index contributed by atoms with van der Waals surface area (Å²) in [6.45, 7) is 0. The van der Waals surface area contributed by atoms with E-state index in [9.17, 15) is 26.3 Å². The van der Waals surface area contributed by atoms with Gasteiger partial charge in [-0.05, 0) is 33.1 Å². The average Bonchev–Trinajstić information content (AvgIpc) is 2.53. The molecule has 0 aliphatic heterocycles. The van der Waals surface area contributed by atoms with Crippen molar-refractivity contribution in [2.45, 2.75) is 23.9 Å². The van der Waals surface area contributed by atoms with Gasteiger partial charge in [0.05, 0.1) is 11.1 Å². The maximum Gasteiger partial charge on any atom is 0.416 e. The molecule has 2 aromatic rings. The Morgan fingerprint density at radius 3 is 1.40 bits per heavy atom. The Balaban J connectivity index is 1.79. The predicted molar refractivity (Wildman–Crippen MR) is 93.1 cm³/mol. The molecule has 0 N–H and O–H groups in total. The molecule has 136 valence electrons. The Morgan fingerprint density at radius 2 is 1.04 bits per heavy atom. The highest BCUT2D eigenvalue weighted by atomic mass is 33.5. The summed E-state index contributed by atoms with van der Waals surface area (Å²) in [5.74, 6) is 0.758. The van der Waals surface area contributed by atoms with Crippen LogP contribution in [0.3, 0.4) is 0 Å². The minimum absolute atomic E-state index is 0.379. The first kappa shape index (κ1) is 20.4. The molecule has 2 rings (SSSR count). The zero-order valence-electron chi connectivity index (χ0n) is 12.5. The molecule has 0 radical (unpaired) electrons. The van der Waals surface area contributed by atoms with Crippen molar-refractivity contribution in [3.8, 4) is 0 Å². The molecule has 0 heterocycles. The monoisotopic (exact) mass is 414 g/mol. The average molecular weight is 414 g/mol. The predicted octanol–water partition coefficient (Wildman–Crippen LogP) is 7.45.